The Morgan fingerprint density at radius 2 is 1.54 bits per heavy atom. The van der Waals surface area contributed by atoms with Crippen LogP contribution in [0.4, 0.5) is 11.4 Å². The third-order valence-electron chi connectivity index (χ3n) is 5.38. The number of rotatable bonds is 4. The van der Waals surface area contributed by atoms with Crippen molar-refractivity contribution in [3.63, 3.8) is 0 Å². The van der Waals surface area contributed by atoms with Gasteiger partial charge in [0.2, 0.25) is 5.91 Å². The molecule has 132 valence electrons. The first-order valence-corrected chi connectivity index (χ1v) is 9.65. The molecule has 3 rings (SSSR count). The average Bonchev–Trinajstić information content (AvgIpc) is 2.90. The molecule has 2 aliphatic rings. The van der Waals surface area contributed by atoms with Gasteiger partial charge in [-0.15, -0.1) is 0 Å². The Kier molecular flexibility index (Phi) is 6.00. The summed E-state index contributed by atoms with van der Waals surface area (Å²) >= 11 is 0. The van der Waals surface area contributed by atoms with Crippen LogP contribution >= 0.6 is 0 Å². The fourth-order valence-electron chi connectivity index (χ4n) is 3.91. The minimum Gasteiger partial charge on any atom is -0.397 e. The lowest BCUT2D eigenvalue weighted by Gasteiger charge is -2.30. The minimum absolute atomic E-state index is 0.301. The summed E-state index contributed by atoms with van der Waals surface area (Å²) in [6.45, 7) is 4.09. The van der Waals surface area contributed by atoms with E-state index in [4.69, 9.17) is 5.73 Å². The number of likely N-dealkylation sites (tertiary alicyclic amines) is 1. The van der Waals surface area contributed by atoms with Gasteiger partial charge in [-0.05, 0) is 56.2 Å². The maximum atomic E-state index is 12.4. The number of benzene rings is 1. The number of hydrogen-bond donors (Lipinski definition) is 1. The van der Waals surface area contributed by atoms with Crippen LogP contribution in [-0.2, 0) is 11.2 Å². The number of anilines is 2. The number of carbonyl (C=O) groups is 1. The van der Waals surface area contributed by atoms with E-state index in [9.17, 15) is 4.79 Å². The molecular formula is C20H31N3O. The summed E-state index contributed by atoms with van der Waals surface area (Å²) in [5.74, 6) is 0.301. The summed E-state index contributed by atoms with van der Waals surface area (Å²) in [6.07, 6.45) is 10.1. The Balaban J connectivity index is 1.55. The van der Waals surface area contributed by atoms with E-state index in [0.717, 1.165) is 56.8 Å². The van der Waals surface area contributed by atoms with Gasteiger partial charge in [-0.2, -0.15) is 0 Å². The number of carbonyl (C=O) groups excluding carboxylic acids is 1. The van der Waals surface area contributed by atoms with Crippen LogP contribution in [0.25, 0.3) is 0 Å². The van der Waals surface area contributed by atoms with Gasteiger partial charge in [0.15, 0.2) is 0 Å². The molecule has 4 heteroatoms. The molecule has 1 amide bonds. The quantitative estimate of drug-likeness (QED) is 0.859. The predicted octanol–water partition coefficient (Wildman–Crippen LogP) is 3.59. The van der Waals surface area contributed by atoms with Crippen molar-refractivity contribution in [2.24, 2.45) is 0 Å². The molecule has 1 aromatic carbocycles. The van der Waals surface area contributed by atoms with E-state index in [1.54, 1.807) is 0 Å². The van der Waals surface area contributed by atoms with Crippen molar-refractivity contribution in [2.75, 3.05) is 36.8 Å². The molecule has 4 nitrogen and oxygen atoms in total. The van der Waals surface area contributed by atoms with E-state index in [0.29, 0.717) is 12.3 Å². The van der Waals surface area contributed by atoms with Gasteiger partial charge in [-0.3, -0.25) is 4.79 Å². The summed E-state index contributed by atoms with van der Waals surface area (Å²) in [4.78, 5) is 16.9. The zero-order chi connectivity index (χ0) is 16.8. The topological polar surface area (TPSA) is 49.6 Å². The van der Waals surface area contributed by atoms with Crippen molar-refractivity contribution in [2.45, 2.75) is 57.8 Å². The highest BCUT2D eigenvalue weighted by Gasteiger charge is 2.16. The number of hydrogen-bond acceptors (Lipinski definition) is 3. The lowest BCUT2D eigenvalue weighted by Crippen LogP contribution is -2.32. The number of nitrogens with two attached hydrogens (primary N) is 1. The molecule has 0 spiro atoms. The van der Waals surface area contributed by atoms with E-state index in [1.807, 2.05) is 0 Å². The van der Waals surface area contributed by atoms with Crippen molar-refractivity contribution in [1.82, 2.24) is 4.90 Å². The molecule has 24 heavy (non-hydrogen) atoms. The summed E-state index contributed by atoms with van der Waals surface area (Å²) < 4.78 is 0. The Bertz CT molecular complexity index is 544. The molecule has 0 saturated carbocycles. The summed E-state index contributed by atoms with van der Waals surface area (Å²) in [7, 11) is 0. The highest BCUT2D eigenvalue weighted by atomic mass is 16.2. The molecule has 2 fully saturated rings. The van der Waals surface area contributed by atoms with Gasteiger partial charge in [-0.1, -0.05) is 18.9 Å². The van der Waals surface area contributed by atoms with Crippen LogP contribution in [0.5, 0.6) is 0 Å². The van der Waals surface area contributed by atoms with Gasteiger partial charge in [-0.25, -0.2) is 0 Å². The van der Waals surface area contributed by atoms with Crippen LogP contribution in [0.1, 0.15) is 56.9 Å². The number of nitrogens with zero attached hydrogens (tertiary/aromatic N) is 2. The van der Waals surface area contributed by atoms with Crippen molar-refractivity contribution >= 4 is 17.3 Å². The Morgan fingerprint density at radius 1 is 0.917 bits per heavy atom. The van der Waals surface area contributed by atoms with Gasteiger partial charge in [0, 0.05) is 32.6 Å². The second-order valence-electron chi connectivity index (χ2n) is 7.24. The number of amides is 1. The lowest BCUT2D eigenvalue weighted by molar-refractivity contribution is -0.131. The van der Waals surface area contributed by atoms with E-state index in [-0.39, 0.29) is 0 Å². The van der Waals surface area contributed by atoms with Gasteiger partial charge >= 0.3 is 0 Å². The summed E-state index contributed by atoms with van der Waals surface area (Å²) in [6, 6.07) is 6.36. The van der Waals surface area contributed by atoms with Crippen LogP contribution in [-0.4, -0.2) is 37.0 Å². The largest absolute Gasteiger partial charge is 0.397 e. The minimum atomic E-state index is 0.301. The second kappa shape index (κ2) is 8.41. The van der Waals surface area contributed by atoms with Crippen LogP contribution < -0.4 is 10.6 Å². The normalized spacial score (nSPS) is 19.2. The monoisotopic (exact) mass is 329 g/mol. The smallest absolute Gasteiger partial charge is 0.222 e. The molecule has 1 aromatic rings. The van der Waals surface area contributed by atoms with Gasteiger partial charge < -0.3 is 15.5 Å². The zero-order valence-electron chi connectivity index (χ0n) is 14.8. The summed E-state index contributed by atoms with van der Waals surface area (Å²) in [5.41, 5.74) is 9.48. The zero-order valence-corrected chi connectivity index (χ0v) is 14.8. The predicted molar refractivity (Wildman–Crippen MR) is 100 cm³/mol. The number of piperidine rings is 1. The third-order valence-corrected chi connectivity index (χ3v) is 5.38. The summed E-state index contributed by atoms with van der Waals surface area (Å²) in [5, 5.41) is 0. The number of nitrogen functional groups attached to an aromatic ring is 1. The van der Waals surface area contributed by atoms with Crippen LogP contribution in [0, 0.1) is 0 Å². The molecule has 0 atom stereocenters. The second-order valence-corrected chi connectivity index (χ2v) is 7.24. The molecule has 2 aliphatic heterocycles. The van der Waals surface area contributed by atoms with E-state index >= 15 is 0 Å². The van der Waals surface area contributed by atoms with E-state index in [1.165, 1.54) is 37.7 Å². The van der Waals surface area contributed by atoms with Gasteiger partial charge in [0.25, 0.3) is 0 Å². The maximum Gasteiger partial charge on any atom is 0.222 e. The SMILES string of the molecule is Nc1cc(CCC(=O)N2CCCCCC2)ccc1N1CCCCC1. The van der Waals surface area contributed by atoms with Crippen LogP contribution in [0.2, 0.25) is 0 Å². The van der Waals surface area contributed by atoms with Crippen molar-refractivity contribution < 1.29 is 4.79 Å². The van der Waals surface area contributed by atoms with Gasteiger partial charge in [0.05, 0.1) is 11.4 Å². The molecule has 0 bridgehead atoms. The highest BCUT2D eigenvalue weighted by Crippen LogP contribution is 2.27. The molecule has 0 aliphatic carbocycles. The molecule has 0 unspecified atom stereocenters. The molecule has 2 heterocycles. The van der Waals surface area contributed by atoms with Gasteiger partial charge in [0.1, 0.15) is 0 Å². The molecular weight excluding hydrogens is 298 g/mol. The first-order chi connectivity index (χ1) is 11.7. The van der Waals surface area contributed by atoms with E-state index < -0.39 is 0 Å². The molecule has 0 radical (unpaired) electrons. The maximum absolute atomic E-state index is 12.4. The molecule has 0 aromatic heterocycles. The highest BCUT2D eigenvalue weighted by molar-refractivity contribution is 5.76. The van der Waals surface area contributed by atoms with Crippen LogP contribution in [0.3, 0.4) is 0 Å². The first-order valence-electron chi connectivity index (χ1n) is 9.65. The number of aryl methyl sites for hydroxylation is 1. The van der Waals surface area contributed by atoms with Crippen molar-refractivity contribution in [3.05, 3.63) is 23.8 Å². The molecule has 2 saturated heterocycles. The first kappa shape index (κ1) is 17.1. The lowest BCUT2D eigenvalue weighted by atomic mass is 10.0. The van der Waals surface area contributed by atoms with Crippen molar-refractivity contribution in [1.29, 1.82) is 0 Å². The fraction of sp³-hybridized carbons (Fsp3) is 0.650. The fourth-order valence-corrected chi connectivity index (χ4v) is 3.91. The molecule has 2 N–H and O–H groups in total. The standard InChI is InChI=1S/C20H31N3O/c21-18-16-17(8-10-19(18)22-12-6-3-7-13-22)9-11-20(24)23-14-4-1-2-5-15-23/h8,10,16H,1-7,9,11-15,21H2. The third kappa shape index (κ3) is 4.43. The Morgan fingerprint density at radius 3 is 2.21 bits per heavy atom. The van der Waals surface area contributed by atoms with Crippen LogP contribution in [0.15, 0.2) is 18.2 Å². The Labute approximate surface area is 146 Å². The average molecular weight is 329 g/mol. The van der Waals surface area contributed by atoms with E-state index in [2.05, 4.69) is 28.0 Å². The van der Waals surface area contributed by atoms with Crippen molar-refractivity contribution in [3.8, 4) is 0 Å². The Hall–Kier alpha value is -1.71.